The van der Waals surface area contributed by atoms with Crippen LogP contribution in [0.3, 0.4) is 0 Å². The third-order valence-electron chi connectivity index (χ3n) is 3.11. The summed E-state index contributed by atoms with van der Waals surface area (Å²) in [5.41, 5.74) is 2.00. The summed E-state index contributed by atoms with van der Waals surface area (Å²) in [5.74, 6) is -0.389. The Kier molecular flexibility index (Phi) is 4.83. The maximum absolute atomic E-state index is 13.4. The van der Waals surface area contributed by atoms with Gasteiger partial charge < -0.3 is 5.11 Å². The number of hydrogen-bond acceptors (Lipinski definition) is 2. The van der Waals surface area contributed by atoms with E-state index in [1.807, 2.05) is 13.8 Å². The number of halogens is 3. The maximum atomic E-state index is 13.4. The average molecular weight is 362 g/mol. The van der Waals surface area contributed by atoms with Crippen LogP contribution in [-0.2, 0) is 13.0 Å². The number of aliphatic hydroxyl groups is 1. The minimum atomic E-state index is -0.833. The number of aromatic nitrogens is 2. The molecular weight excluding hydrogens is 347 g/mol. The molecule has 2 aromatic rings. The quantitative estimate of drug-likeness (QED) is 0.892. The topological polar surface area (TPSA) is 38.0 Å². The van der Waals surface area contributed by atoms with E-state index in [9.17, 15) is 9.50 Å². The molecule has 1 aromatic carbocycles. The predicted molar refractivity (Wildman–Crippen MR) is 80.4 cm³/mol. The third kappa shape index (κ3) is 3.22. The first-order chi connectivity index (χ1) is 9.42. The van der Waals surface area contributed by atoms with Crippen LogP contribution in [0.4, 0.5) is 4.39 Å². The lowest BCUT2D eigenvalue weighted by atomic mass is 10.0. The summed E-state index contributed by atoms with van der Waals surface area (Å²) < 4.78 is 15.7. The van der Waals surface area contributed by atoms with Gasteiger partial charge in [0, 0.05) is 17.4 Å². The molecular formula is C14H15BrClFN2O. The van der Waals surface area contributed by atoms with Crippen molar-refractivity contribution >= 4 is 27.5 Å². The highest BCUT2D eigenvalue weighted by atomic mass is 79.9. The second kappa shape index (κ2) is 6.24. The molecule has 108 valence electrons. The molecule has 2 rings (SSSR count). The van der Waals surface area contributed by atoms with E-state index in [1.165, 1.54) is 12.1 Å². The molecule has 0 radical (unpaired) electrons. The maximum Gasteiger partial charge on any atom is 0.124 e. The van der Waals surface area contributed by atoms with Crippen LogP contribution in [0.5, 0.6) is 0 Å². The zero-order chi connectivity index (χ0) is 14.9. The summed E-state index contributed by atoms with van der Waals surface area (Å²) in [6.07, 6.45) is -0.537. The summed E-state index contributed by atoms with van der Waals surface area (Å²) in [5, 5.41) is 15.1. The first kappa shape index (κ1) is 15.5. The highest BCUT2D eigenvalue weighted by Crippen LogP contribution is 2.27. The monoisotopic (exact) mass is 360 g/mol. The highest BCUT2D eigenvalue weighted by molar-refractivity contribution is 9.10. The van der Waals surface area contributed by atoms with Crippen LogP contribution in [0.1, 0.15) is 30.0 Å². The molecule has 6 heteroatoms. The van der Waals surface area contributed by atoms with E-state index in [1.54, 1.807) is 10.7 Å². The van der Waals surface area contributed by atoms with Crippen molar-refractivity contribution in [3.8, 4) is 0 Å². The van der Waals surface area contributed by atoms with Crippen LogP contribution in [-0.4, -0.2) is 14.9 Å². The van der Waals surface area contributed by atoms with Crippen LogP contribution in [0.25, 0.3) is 0 Å². The molecule has 0 bridgehead atoms. The van der Waals surface area contributed by atoms with Gasteiger partial charge in [0.15, 0.2) is 0 Å². The molecule has 0 aliphatic carbocycles. The number of rotatable bonds is 4. The molecule has 0 amide bonds. The Morgan fingerprint density at radius 3 is 2.75 bits per heavy atom. The lowest BCUT2D eigenvalue weighted by Crippen LogP contribution is -2.09. The number of benzene rings is 1. The molecule has 0 saturated carbocycles. The van der Waals surface area contributed by atoms with E-state index in [0.717, 1.165) is 11.4 Å². The van der Waals surface area contributed by atoms with Crippen molar-refractivity contribution in [1.82, 2.24) is 9.78 Å². The van der Waals surface area contributed by atoms with Crippen molar-refractivity contribution in [3.05, 3.63) is 50.5 Å². The van der Waals surface area contributed by atoms with Crippen molar-refractivity contribution < 1.29 is 9.50 Å². The molecule has 1 unspecified atom stereocenters. The van der Waals surface area contributed by atoms with Crippen molar-refractivity contribution in [2.75, 3.05) is 0 Å². The van der Waals surface area contributed by atoms with Gasteiger partial charge in [-0.25, -0.2) is 4.39 Å². The van der Waals surface area contributed by atoms with Crippen LogP contribution in [0, 0.1) is 12.7 Å². The molecule has 0 spiro atoms. The molecule has 3 nitrogen and oxygen atoms in total. The second-order valence-electron chi connectivity index (χ2n) is 4.58. The number of aliphatic hydroxyl groups excluding tert-OH is 1. The molecule has 0 saturated heterocycles. The number of aryl methyl sites for hydroxylation is 2. The first-order valence-corrected chi connectivity index (χ1v) is 7.45. The van der Waals surface area contributed by atoms with E-state index < -0.39 is 6.10 Å². The van der Waals surface area contributed by atoms with Gasteiger partial charge in [-0.2, -0.15) is 5.10 Å². The van der Waals surface area contributed by atoms with Gasteiger partial charge in [0.1, 0.15) is 5.82 Å². The van der Waals surface area contributed by atoms with Crippen LogP contribution in [0.15, 0.2) is 22.7 Å². The van der Waals surface area contributed by atoms with Crippen LogP contribution < -0.4 is 0 Å². The Balaban J connectivity index is 2.29. The Morgan fingerprint density at radius 2 is 2.15 bits per heavy atom. The normalized spacial score (nSPS) is 12.7. The SMILES string of the molecule is CCn1nc(C)c(Cl)c1CC(O)c1cc(F)cc(Br)c1. The number of hydrogen-bond donors (Lipinski definition) is 1. The van der Waals surface area contributed by atoms with Gasteiger partial charge in [-0.3, -0.25) is 4.68 Å². The van der Waals surface area contributed by atoms with Gasteiger partial charge in [0.2, 0.25) is 0 Å². The van der Waals surface area contributed by atoms with Gasteiger partial charge >= 0.3 is 0 Å². The first-order valence-electron chi connectivity index (χ1n) is 6.28. The minimum Gasteiger partial charge on any atom is -0.388 e. The molecule has 1 aromatic heterocycles. The Bertz CT molecular complexity index is 610. The Morgan fingerprint density at radius 1 is 1.45 bits per heavy atom. The lowest BCUT2D eigenvalue weighted by molar-refractivity contribution is 0.175. The van der Waals surface area contributed by atoms with Crippen molar-refractivity contribution in [1.29, 1.82) is 0 Å². The standard InChI is InChI=1S/C14H15BrClFN2O/c1-3-19-12(14(16)8(2)18-19)7-13(20)9-4-10(15)6-11(17)5-9/h4-6,13,20H,3,7H2,1-2H3. The zero-order valence-corrected chi connectivity index (χ0v) is 13.5. The summed E-state index contributed by atoms with van der Waals surface area (Å²) in [6.45, 7) is 4.45. The molecule has 0 aliphatic rings. The Labute approximate surface area is 130 Å². The summed E-state index contributed by atoms with van der Waals surface area (Å²) >= 11 is 9.43. The zero-order valence-electron chi connectivity index (χ0n) is 11.2. The molecule has 20 heavy (non-hydrogen) atoms. The predicted octanol–water partition coefficient (Wildman–Crippen LogP) is 4.04. The van der Waals surface area contributed by atoms with Crippen LogP contribution >= 0.6 is 27.5 Å². The van der Waals surface area contributed by atoms with E-state index in [0.29, 0.717) is 28.0 Å². The van der Waals surface area contributed by atoms with Gasteiger partial charge in [-0.1, -0.05) is 27.5 Å². The highest BCUT2D eigenvalue weighted by Gasteiger charge is 2.18. The number of nitrogens with zero attached hydrogens (tertiary/aromatic N) is 2. The van der Waals surface area contributed by atoms with Crippen molar-refractivity contribution in [2.45, 2.75) is 32.9 Å². The van der Waals surface area contributed by atoms with E-state index in [2.05, 4.69) is 21.0 Å². The minimum absolute atomic E-state index is 0.295. The Hall–Kier alpha value is -0.910. The fourth-order valence-electron chi connectivity index (χ4n) is 2.13. The molecule has 0 fully saturated rings. The molecule has 1 atom stereocenters. The van der Waals surface area contributed by atoms with Gasteiger partial charge in [-0.15, -0.1) is 0 Å². The van der Waals surface area contributed by atoms with Crippen LogP contribution in [0.2, 0.25) is 5.02 Å². The van der Waals surface area contributed by atoms with Gasteiger partial charge in [0.25, 0.3) is 0 Å². The smallest absolute Gasteiger partial charge is 0.124 e. The largest absolute Gasteiger partial charge is 0.388 e. The van der Waals surface area contributed by atoms with E-state index in [-0.39, 0.29) is 5.82 Å². The van der Waals surface area contributed by atoms with E-state index in [4.69, 9.17) is 11.6 Å². The van der Waals surface area contributed by atoms with Gasteiger partial charge in [-0.05, 0) is 37.6 Å². The molecule has 0 aliphatic heterocycles. The summed E-state index contributed by atoms with van der Waals surface area (Å²) in [4.78, 5) is 0. The van der Waals surface area contributed by atoms with Crippen molar-refractivity contribution in [2.24, 2.45) is 0 Å². The fraction of sp³-hybridized carbons (Fsp3) is 0.357. The average Bonchev–Trinajstić information content (AvgIpc) is 2.65. The summed E-state index contributed by atoms with van der Waals surface area (Å²) in [6, 6.07) is 4.37. The molecule has 1 N–H and O–H groups in total. The van der Waals surface area contributed by atoms with Crippen molar-refractivity contribution in [3.63, 3.8) is 0 Å². The van der Waals surface area contributed by atoms with Gasteiger partial charge in [0.05, 0.1) is 22.5 Å². The third-order valence-corrected chi connectivity index (χ3v) is 4.06. The molecule has 1 heterocycles. The summed E-state index contributed by atoms with van der Waals surface area (Å²) in [7, 11) is 0. The second-order valence-corrected chi connectivity index (χ2v) is 5.88. The van der Waals surface area contributed by atoms with E-state index >= 15 is 0 Å². The lowest BCUT2D eigenvalue weighted by Gasteiger charge is -2.13. The fourth-order valence-corrected chi connectivity index (χ4v) is 2.83.